The van der Waals surface area contributed by atoms with E-state index in [1.54, 1.807) is 0 Å². The third kappa shape index (κ3) is 5.82. The van der Waals surface area contributed by atoms with Crippen LogP contribution >= 0.6 is 0 Å². The van der Waals surface area contributed by atoms with Crippen LogP contribution in [0, 0.1) is 5.92 Å². The van der Waals surface area contributed by atoms with Crippen LogP contribution in [0.3, 0.4) is 0 Å². The van der Waals surface area contributed by atoms with Crippen LogP contribution in [0.4, 0.5) is 17.1 Å². The molecule has 0 saturated carbocycles. The third-order valence-corrected chi connectivity index (χ3v) is 13.1. The smallest absolute Gasteiger partial charge is 0.160 e. The lowest BCUT2D eigenvalue weighted by Gasteiger charge is -2.30. The highest BCUT2D eigenvalue weighted by atomic mass is 16.3. The number of hydrogen-bond donors (Lipinski definition) is 0. The van der Waals surface area contributed by atoms with E-state index in [1.807, 2.05) is 6.07 Å². The number of aromatic nitrogens is 2. The molecule has 4 heteroatoms. The molecule has 2 heterocycles. The summed E-state index contributed by atoms with van der Waals surface area (Å²) < 4.78 is 6.49. The van der Waals surface area contributed by atoms with E-state index >= 15 is 0 Å². The van der Waals surface area contributed by atoms with Gasteiger partial charge in [-0.3, -0.25) is 0 Å². The van der Waals surface area contributed by atoms with E-state index in [4.69, 9.17) is 14.4 Å². The molecule has 0 fully saturated rings. The van der Waals surface area contributed by atoms with Crippen LogP contribution in [-0.2, 0) is 5.41 Å². The minimum Gasteiger partial charge on any atom is -0.456 e. The summed E-state index contributed by atoms with van der Waals surface area (Å²) in [6.45, 7) is 4.79. The molecule has 61 heavy (non-hydrogen) atoms. The zero-order chi connectivity index (χ0) is 40.7. The van der Waals surface area contributed by atoms with Gasteiger partial charge < -0.3 is 9.32 Å². The molecule has 2 aliphatic carbocycles. The SMILES string of the molecule is CC1(C)c2cc(N(c3ccc(-c4ccccc4)cc3)c3ccc(-c4nc(-c5ccc6c(c5)oc5cc7ccccc7cc56)c5ccccc5n4)cc3)ccc2C2C=CC=CC21. The van der Waals surface area contributed by atoms with Crippen molar-refractivity contribution in [3.63, 3.8) is 0 Å². The number of rotatable bonds is 6. The van der Waals surface area contributed by atoms with Crippen LogP contribution in [0.1, 0.15) is 30.9 Å². The molecule has 2 aromatic heterocycles. The summed E-state index contributed by atoms with van der Waals surface area (Å²) in [5, 5.41) is 5.58. The standard InChI is InChI=1S/C57H41N3O/c1-57(2)50-18-10-8-16-45(50)46-31-29-44(35-51(46)57)60(42-25-20-37(21-26-42)36-12-4-3-5-13-36)43-27-22-38(23-28-43)56-58-52-19-11-9-17-48(52)55(59-56)41-24-30-47-49-32-39-14-6-7-15-40(39)33-54(49)61-53(47)34-41/h3-35,45,50H,1-2H3. The van der Waals surface area contributed by atoms with Gasteiger partial charge in [-0.1, -0.05) is 135 Å². The molecule has 0 bridgehead atoms. The minimum absolute atomic E-state index is 0.00130. The Morgan fingerprint density at radius 3 is 1.93 bits per heavy atom. The average Bonchev–Trinajstić information content (AvgIpc) is 3.78. The van der Waals surface area contributed by atoms with Gasteiger partial charge >= 0.3 is 0 Å². The summed E-state index contributed by atoms with van der Waals surface area (Å²) in [5.41, 5.74) is 14.0. The van der Waals surface area contributed by atoms with Crippen molar-refractivity contribution in [3.05, 3.63) is 211 Å². The Kier molecular flexibility index (Phi) is 7.98. The van der Waals surface area contributed by atoms with Crippen molar-refractivity contribution in [2.45, 2.75) is 25.2 Å². The van der Waals surface area contributed by atoms with Gasteiger partial charge in [-0.2, -0.15) is 0 Å². The second-order valence-corrected chi connectivity index (χ2v) is 17.0. The molecule has 290 valence electrons. The highest BCUT2D eigenvalue weighted by Crippen LogP contribution is 2.54. The molecule has 2 atom stereocenters. The van der Waals surface area contributed by atoms with Gasteiger partial charge in [0.05, 0.1) is 11.2 Å². The van der Waals surface area contributed by atoms with Crippen molar-refractivity contribution >= 4 is 60.7 Å². The highest BCUT2D eigenvalue weighted by molar-refractivity contribution is 6.11. The van der Waals surface area contributed by atoms with Gasteiger partial charge in [0.1, 0.15) is 11.2 Å². The summed E-state index contributed by atoms with van der Waals surface area (Å²) in [6, 6.07) is 62.8. The van der Waals surface area contributed by atoms with Crippen molar-refractivity contribution in [1.29, 1.82) is 0 Å². The van der Waals surface area contributed by atoms with E-state index in [0.29, 0.717) is 17.7 Å². The zero-order valence-corrected chi connectivity index (χ0v) is 34.0. The Bertz CT molecular complexity index is 3390. The average molecular weight is 784 g/mol. The molecular weight excluding hydrogens is 743 g/mol. The fourth-order valence-corrected chi connectivity index (χ4v) is 9.98. The lowest BCUT2D eigenvalue weighted by atomic mass is 9.74. The van der Waals surface area contributed by atoms with Crippen molar-refractivity contribution in [2.24, 2.45) is 5.92 Å². The number of anilines is 3. The second-order valence-electron chi connectivity index (χ2n) is 17.0. The van der Waals surface area contributed by atoms with Gasteiger partial charge in [0, 0.05) is 50.3 Å². The topological polar surface area (TPSA) is 42.2 Å². The second kappa shape index (κ2) is 13.8. The molecule has 8 aromatic carbocycles. The number of nitrogens with zero attached hydrogens (tertiary/aromatic N) is 3. The molecule has 0 N–H and O–H groups in total. The van der Waals surface area contributed by atoms with Crippen LogP contribution in [0.25, 0.3) is 77.4 Å². The molecule has 0 amide bonds. The summed E-state index contributed by atoms with van der Waals surface area (Å²) in [6.07, 6.45) is 9.17. The Labute approximate surface area is 354 Å². The maximum atomic E-state index is 6.49. The maximum absolute atomic E-state index is 6.49. The molecule has 0 saturated heterocycles. The Hall–Kier alpha value is -7.56. The quantitative estimate of drug-likeness (QED) is 0.168. The van der Waals surface area contributed by atoms with Crippen molar-refractivity contribution in [3.8, 4) is 33.8 Å². The maximum Gasteiger partial charge on any atom is 0.160 e. The monoisotopic (exact) mass is 783 g/mol. The Morgan fingerprint density at radius 2 is 1.13 bits per heavy atom. The summed E-state index contributed by atoms with van der Waals surface area (Å²) >= 11 is 0. The largest absolute Gasteiger partial charge is 0.456 e. The number of allylic oxidation sites excluding steroid dienone is 4. The van der Waals surface area contributed by atoms with Crippen LogP contribution in [0.15, 0.2) is 205 Å². The van der Waals surface area contributed by atoms with Crippen LogP contribution in [-0.4, -0.2) is 9.97 Å². The number of furan rings is 1. The highest BCUT2D eigenvalue weighted by Gasteiger charge is 2.44. The lowest BCUT2D eigenvalue weighted by molar-refractivity contribution is 0.394. The molecule has 2 aliphatic rings. The third-order valence-electron chi connectivity index (χ3n) is 13.1. The molecule has 10 aromatic rings. The fraction of sp³-hybridized carbons (Fsp3) is 0.0877. The van der Waals surface area contributed by atoms with Gasteiger partial charge in [0.2, 0.25) is 0 Å². The van der Waals surface area contributed by atoms with Gasteiger partial charge in [-0.05, 0) is 123 Å². The van der Waals surface area contributed by atoms with E-state index in [9.17, 15) is 0 Å². The van der Waals surface area contributed by atoms with Crippen LogP contribution in [0.2, 0.25) is 0 Å². The van der Waals surface area contributed by atoms with Crippen molar-refractivity contribution in [1.82, 2.24) is 9.97 Å². The predicted molar refractivity (Wildman–Crippen MR) is 253 cm³/mol. The zero-order valence-electron chi connectivity index (χ0n) is 34.0. The normalized spacial score (nSPS) is 16.4. The van der Waals surface area contributed by atoms with E-state index in [-0.39, 0.29) is 5.41 Å². The molecule has 12 rings (SSSR count). The molecule has 0 radical (unpaired) electrons. The molecular formula is C57H41N3O. The minimum atomic E-state index is -0.00130. The Balaban J connectivity index is 0.949. The molecule has 2 unspecified atom stereocenters. The first kappa shape index (κ1) is 35.4. The van der Waals surface area contributed by atoms with E-state index < -0.39 is 0 Å². The summed E-state index contributed by atoms with van der Waals surface area (Å²) in [5.74, 6) is 1.52. The molecule has 0 aliphatic heterocycles. The van der Waals surface area contributed by atoms with Crippen LogP contribution in [0.5, 0.6) is 0 Å². The predicted octanol–water partition coefficient (Wildman–Crippen LogP) is 15.3. The Morgan fingerprint density at radius 1 is 0.492 bits per heavy atom. The number of hydrogen-bond acceptors (Lipinski definition) is 4. The number of para-hydroxylation sites is 1. The van der Waals surface area contributed by atoms with Gasteiger partial charge in [-0.15, -0.1) is 0 Å². The number of benzene rings is 8. The first-order chi connectivity index (χ1) is 30.0. The summed E-state index contributed by atoms with van der Waals surface area (Å²) in [4.78, 5) is 12.8. The van der Waals surface area contributed by atoms with Crippen molar-refractivity contribution in [2.75, 3.05) is 4.90 Å². The fourth-order valence-electron chi connectivity index (χ4n) is 9.98. The van der Waals surface area contributed by atoms with E-state index in [1.165, 1.54) is 33.0 Å². The van der Waals surface area contributed by atoms with Gasteiger partial charge in [0.15, 0.2) is 5.82 Å². The van der Waals surface area contributed by atoms with Gasteiger partial charge in [-0.25, -0.2) is 9.97 Å². The molecule has 4 nitrogen and oxygen atoms in total. The van der Waals surface area contributed by atoms with Crippen molar-refractivity contribution < 1.29 is 4.42 Å². The number of fused-ring (bicyclic) bond motifs is 8. The summed E-state index contributed by atoms with van der Waals surface area (Å²) in [7, 11) is 0. The van der Waals surface area contributed by atoms with E-state index in [2.05, 4.69) is 213 Å². The van der Waals surface area contributed by atoms with Gasteiger partial charge in [0.25, 0.3) is 0 Å². The first-order valence-electron chi connectivity index (χ1n) is 21.1. The first-order valence-corrected chi connectivity index (χ1v) is 21.1. The molecule has 0 spiro atoms. The van der Waals surface area contributed by atoms with Crippen LogP contribution < -0.4 is 4.90 Å². The lowest BCUT2D eigenvalue weighted by Crippen LogP contribution is -2.24. The van der Waals surface area contributed by atoms with E-state index in [0.717, 1.165) is 66.7 Å².